The molecule has 0 aliphatic heterocycles. The standard InChI is InChI=1S/C10H19NO3S/c1-2-3-8-15(13,14)11-9-4-6-10(12)7-5-9/h9,11H,2-8H2,1H3. The summed E-state index contributed by atoms with van der Waals surface area (Å²) in [6, 6.07) is -0.0236. The molecule has 0 heterocycles. The first-order valence-corrected chi connectivity index (χ1v) is 7.20. The highest BCUT2D eigenvalue weighted by Crippen LogP contribution is 2.15. The summed E-state index contributed by atoms with van der Waals surface area (Å²) in [5.74, 6) is 0.451. The Morgan fingerprint density at radius 2 is 1.93 bits per heavy atom. The van der Waals surface area contributed by atoms with Gasteiger partial charge in [-0.25, -0.2) is 13.1 Å². The second-order valence-electron chi connectivity index (χ2n) is 4.10. The van der Waals surface area contributed by atoms with Crippen molar-refractivity contribution in [2.24, 2.45) is 0 Å². The fraction of sp³-hybridized carbons (Fsp3) is 0.900. The first kappa shape index (κ1) is 12.6. The van der Waals surface area contributed by atoms with Gasteiger partial charge in [0.05, 0.1) is 5.75 Å². The number of nitrogens with one attached hydrogen (secondary N) is 1. The summed E-state index contributed by atoms with van der Waals surface area (Å²) in [5.41, 5.74) is 0. The van der Waals surface area contributed by atoms with Crippen molar-refractivity contribution in [2.45, 2.75) is 51.5 Å². The minimum atomic E-state index is -3.12. The summed E-state index contributed by atoms with van der Waals surface area (Å²) in [7, 11) is -3.12. The van der Waals surface area contributed by atoms with Crippen LogP contribution in [0.15, 0.2) is 0 Å². The van der Waals surface area contributed by atoms with Gasteiger partial charge in [0.15, 0.2) is 0 Å². The zero-order valence-electron chi connectivity index (χ0n) is 9.16. The minimum Gasteiger partial charge on any atom is -0.300 e. The summed E-state index contributed by atoms with van der Waals surface area (Å²) in [6.07, 6.45) is 3.92. The molecule has 1 fully saturated rings. The average Bonchev–Trinajstić information content (AvgIpc) is 2.18. The maximum Gasteiger partial charge on any atom is 0.211 e. The molecule has 0 saturated heterocycles. The second kappa shape index (κ2) is 5.61. The van der Waals surface area contributed by atoms with Crippen LogP contribution in [-0.4, -0.2) is 26.0 Å². The predicted octanol–water partition coefficient (Wildman–Crippen LogP) is 1.22. The van der Waals surface area contributed by atoms with E-state index in [4.69, 9.17) is 0 Å². The van der Waals surface area contributed by atoms with Gasteiger partial charge in [0.2, 0.25) is 10.0 Å². The van der Waals surface area contributed by atoms with E-state index >= 15 is 0 Å². The maximum absolute atomic E-state index is 11.5. The topological polar surface area (TPSA) is 63.2 Å². The molecule has 0 aromatic heterocycles. The van der Waals surface area contributed by atoms with E-state index in [9.17, 15) is 13.2 Å². The van der Waals surface area contributed by atoms with Gasteiger partial charge in [-0.3, -0.25) is 4.79 Å². The van der Waals surface area contributed by atoms with Gasteiger partial charge in [-0.1, -0.05) is 13.3 Å². The van der Waals surface area contributed by atoms with Crippen molar-refractivity contribution < 1.29 is 13.2 Å². The zero-order chi connectivity index (χ0) is 11.3. The molecule has 0 unspecified atom stereocenters. The van der Waals surface area contributed by atoms with Crippen molar-refractivity contribution in [2.75, 3.05) is 5.75 Å². The Hall–Kier alpha value is -0.420. The predicted molar refractivity (Wildman–Crippen MR) is 59.1 cm³/mol. The molecule has 88 valence electrons. The Morgan fingerprint density at radius 3 is 2.47 bits per heavy atom. The smallest absolute Gasteiger partial charge is 0.211 e. The lowest BCUT2D eigenvalue weighted by molar-refractivity contribution is -0.120. The molecule has 1 N–H and O–H groups in total. The third-order valence-electron chi connectivity index (χ3n) is 2.66. The molecule has 1 aliphatic carbocycles. The van der Waals surface area contributed by atoms with E-state index in [1.54, 1.807) is 0 Å². The van der Waals surface area contributed by atoms with Crippen molar-refractivity contribution in [1.29, 1.82) is 0 Å². The highest BCUT2D eigenvalue weighted by molar-refractivity contribution is 7.89. The van der Waals surface area contributed by atoms with E-state index in [1.807, 2.05) is 6.92 Å². The molecule has 0 atom stereocenters. The average molecular weight is 233 g/mol. The summed E-state index contributed by atoms with van der Waals surface area (Å²) >= 11 is 0. The van der Waals surface area contributed by atoms with E-state index in [1.165, 1.54) is 0 Å². The minimum absolute atomic E-state index is 0.0236. The number of carbonyl (C=O) groups is 1. The van der Waals surface area contributed by atoms with Gasteiger partial charge in [0.25, 0.3) is 0 Å². The molecule has 4 nitrogen and oxygen atoms in total. The number of ketones is 1. The second-order valence-corrected chi connectivity index (χ2v) is 5.98. The molecule has 5 heteroatoms. The Kier molecular flexibility index (Phi) is 4.73. The number of Topliss-reactive ketones (excluding diaryl/α,β-unsaturated/α-hetero) is 1. The first-order valence-electron chi connectivity index (χ1n) is 5.55. The van der Waals surface area contributed by atoms with Crippen LogP contribution >= 0.6 is 0 Å². The van der Waals surface area contributed by atoms with Crippen LogP contribution in [0.5, 0.6) is 0 Å². The zero-order valence-corrected chi connectivity index (χ0v) is 9.98. The summed E-state index contributed by atoms with van der Waals surface area (Å²) in [4.78, 5) is 11.0. The maximum atomic E-state index is 11.5. The van der Waals surface area contributed by atoms with Gasteiger partial charge in [-0.2, -0.15) is 0 Å². The number of carbonyl (C=O) groups excluding carboxylic acids is 1. The van der Waals surface area contributed by atoms with Crippen LogP contribution in [0.4, 0.5) is 0 Å². The Morgan fingerprint density at radius 1 is 1.33 bits per heavy atom. The lowest BCUT2D eigenvalue weighted by atomic mass is 9.95. The van der Waals surface area contributed by atoms with Gasteiger partial charge in [-0.15, -0.1) is 0 Å². The summed E-state index contributed by atoms with van der Waals surface area (Å²) < 4.78 is 25.8. The summed E-state index contributed by atoms with van der Waals surface area (Å²) in [6.45, 7) is 1.97. The molecule has 0 aromatic carbocycles. The monoisotopic (exact) mass is 233 g/mol. The molecular weight excluding hydrogens is 214 g/mol. The Labute approximate surface area is 91.5 Å². The molecule has 0 radical (unpaired) electrons. The third-order valence-corrected chi connectivity index (χ3v) is 4.17. The highest BCUT2D eigenvalue weighted by Gasteiger charge is 2.22. The van der Waals surface area contributed by atoms with Crippen LogP contribution in [0.2, 0.25) is 0 Å². The highest BCUT2D eigenvalue weighted by atomic mass is 32.2. The lowest BCUT2D eigenvalue weighted by Crippen LogP contribution is -2.38. The fourth-order valence-electron chi connectivity index (χ4n) is 1.70. The van der Waals surface area contributed by atoms with Crippen molar-refractivity contribution in [1.82, 2.24) is 4.72 Å². The van der Waals surface area contributed by atoms with Gasteiger partial charge >= 0.3 is 0 Å². The molecule has 0 amide bonds. The van der Waals surface area contributed by atoms with Crippen molar-refractivity contribution >= 4 is 15.8 Å². The van der Waals surface area contributed by atoms with Crippen molar-refractivity contribution in [3.63, 3.8) is 0 Å². The number of hydrogen-bond donors (Lipinski definition) is 1. The molecule has 0 aromatic rings. The lowest BCUT2D eigenvalue weighted by Gasteiger charge is -2.21. The van der Waals surface area contributed by atoms with Gasteiger partial charge in [0, 0.05) is 18.9 Å². The fourth-order valence-corrected chi connectivity index (χ4v) is 3.23. The SMILES string of the molecule is CCCCS(=O)(=O)NC1CCC(=O)CC1. The number of hydrogen-bond acceptors (Lipinski definition) is 3. The molecule has 0 bridgehead atoms. The van der Waals surface area contributed by atoms with E-state index in [2.05, 4.69) is 4.72 Å². The van der Waals surface area contributed by atoms with Gasteiger partial charge in [-0.05, 0) is 19.3 Å². The molecule has 1 saturated carbocycles. The first-order chi connectivity index (χ1) is 7.03. The quantitative estimate of drug-likeness (QED) is 0.776. The van der Waals surface area contributed by atoms with Crippen LogP contribution in [-0.2, 0) is 14.8 Å². The van der Waals surface area contributed by atoms with Crippen molar-refractivity contribution in [3.05, 3.63) is 0 Å². The normalized spacial score (nSPS) is 19.4. The third kappa shape index (κ3) is 4.75. The van der Waals surface area contributed by atoms with Crippen LogP contribution < -0.4 is 4.72 Å². The molecule has 15 heavy (non-hydrogen) atoms. The molecule has 0 spiro atoms. The van der Waals surface area contributed by atoms with E-state index in [-0.39, 0.29) is 17.6 Å². The van der Waals surface area contributed by atoms with Crippen LogP contribution in [0, 0.1) is 0 Å². The molecular formula is C10H19NO3S. The number of sulfonamides is 1. The van der Waals surface area contributed by atoms with Crippen molar-refractivity contribution in [3.8, 4) is 0 Å². The number of rotatable bonds is 5. The van der Waals surface area contributed by atoms with Crippen LogP contribution in [0.3, 0.4) is 0 Å². The van der Waals surface area contributed by atoms with E-state index in [0.29, 0.717) is 32.1 Å². The van der Waals surface area contributed by atoms with E-state index < -0.39 is 10.0 Å². The molecule has 1 rings (SSSR count). The van der Waals surface area contributed by atoms with Gasteiger partial charge in [0.1, 0.15) is 5.78 Å². The summed E-state index contributed by atoms with van der Waals surface area (Å²) in [5, 5.41) is 0. The van der Waals surface area contributed by atoms with Crippen LogP contribution in [0.25, 0.3) is 0 Å². The van der Waals surface area contributed by atoms with E-state index in [0.717, 1.165) is 6.42 Å². The largest absolute Gasteiger partial charge is 0.300 e. The van der Waals surface area contributed by atoms with Crippen LogP contribution in [0.1, 0.15) is 45.4 Å². The molecule has 1 aliphatic rings. The Bertz CT molecular complexity index is 301. The van der Waals surface area contributed by atoms with Gasteiger partial charge < -0.3 is 0 Å². The Balaban J connectivity index is 2.37. The number of unbranched alkanes of at least 4 members (excludes halogenated alkanes) is 1.